The van der Waals surface area contributed by atoms with Crippen molar-refractivity contribution in [3.05, 3.63) is 29.1 Å². The molecule has 94 valence electrons. The van der Waals surface area contributed by atoms with Gasteiger partial charge in [-0.2, -0.15) is 0 Å². The van der Waals surface area contributed by atoms with Gasteiger partial charge in [-0.1, -0.05) is 13.0 Å². The average molecular weight is 240 g/mol. The largest absolute Gasteiger partial charge is 0.496 e. The standard InChI is InChI=1S/C13H17FO3/c1-9(6-7-15)10-4-5-12(14)11(8-16-2)13(10)17-3/h4-5,7,9H,6,8H2,1-3H3. The Morgan fingerprint density at radius 3 is 2.65 bits per heavy atom. The molecule has 17 heavy (non-hydrogen) atoms. The molecule has 0 aliphatic carbocycles. The quantitative estimate of drug-likeness (QED) is 0.717. The van der Waals surface area contributed by atoms with Crippen molar-refractivity contribution in [2.24, 2.45) is 0 Å². The number of halogens is 1. The molecule has 0 saturated heterocycles. The van der Waals surface area contributed by atoms with Gasteiger partial charge in [0.2, 0.25) is 0 Å². The molecule has 0 heterocycles. The van der Waals surface area contributed by atoms with Crippen LogP contribution >= 0.6 is 0 Å². The molecule has 1 unspecified atom stereocenters. The third-order valence-electron chi connectivity index (χ3n) is 2.71. The minimum absolute atomic E-state index is 0.00124. The number of carbonyl (C=O) groups is 1. The number of rotatable bonds is 6. The topological polar surface area (TPSA) is 35.5 Å². The van der Waals surface area contributed by atoms with Crippen molar-refractivity contribution >= 4 is 6.29 Å². The second kappa shape index (κ2) is 6.35. The highest BCUT2D eigenvalue weighted by atomic mass is 19.1. The van der Waals surface area contributed by atoms with Gasteiger partial charge in [0.1, 0.15) is 17.9 Å². The Morgan fingerprint density at radius 2 is 2.12 bits per heavy atom. The molecule has 1 atom stereocenters. The van der Waals surface area contributed by atoms with E-state index in [9.17, 15) is 9.18 Å². The van der Waals surface area contributed by atoms with Crippen LogP contribution in [-0.2, 0) is 16.1 Å². The molecule has 4 heteroatoms. The van der Waals surface area contributed by atoms with Crippen LogP contribution in [-0.4, -0.2) is 20.5 Å². The van der Waals surface area contributed by atoms with Gasteiger partial charge in [-0.05, 0) is 17.5 Å². The minimum Gasteiger partial charge on any atom is -0.496 e. The summed E-state index contributed by atoms with van der Waals surface area (Å²) in [6.45, 7) is 2.05. The molecule has 0 spiro atoms. The van der Waals surface area contributed by atoms with Gasteiger partial charge in [0.15, 0.2) is 0 Å². The molecular weight excluding hydrogens is 223 g/mol. The van der Waals surface area contributed by atoms with Crippen LogP contribution in [0.2, 0.25) is 0 Å². The highest BCUT2D eigenvalue weighted by Gasteiger charge is 2.18. The zero-order valence-electron chi connectivity index (χ0n) is 10.3. The lowest BCUT2D eigenvalue weighted by Crippen LogP contribution is -2.04. The molecule has 0 saturated carbocycles. The smallest absolute Gasteiger partial charge is 0.132 e. The van der Waals surface area contributed by atoms with E-state index in [2.05, 4.69) is 0 Å². The molecular formula is C13H17FO3. The van der Waals surface area contributed by atoms with E-state index in [-0.39, 0.29) is 18.3 Å². The van der Waals surface area contributed by atoms with Gasteiger partial charge in [0.05, 0.1) is 19.3 Å². The Kier molecular flexibility index (Phi) is 5.10. The van der Waals surface area contributed by atoms with Gasteiger partial charge < -0.3 is 14.3 Å². The van der Waals surface area contributed by atoms with Crippen molar-refractivity contribution < 1.29 is 18.7 Å². The van der Waals surface area contributed by atoms with Crippen molar-refractivity contribution in [1.29, 1.82) is 0 Å². The van der Waals surface area contributed by atoms with Crippen LogP contribution in [0.4, 0.5) is 4.39 Å². The van der Waals surface area contributed by atoms with Gasteiger partial charge in [-0.25, -0.2) is 4.39 Å². The van der Waals surface area contributed by atoms with E-state index in [1.807, 2.05) is 6.92 Å². The number of hydrogen-bond acceptors (Lipinski definition) is 3. The Morgan fingerprint density at radius 1 is 1.41 bits per heavy atom. The zero-order chi connectivity index (χ0) is 12.8. The van der Waals surface area contributed by atoms with E-state index in [4.69, 9.17) is 9.47 Å². The summed E-state index contributed by atoms with van der Waals surface area (Å²) in [5.41, 5.74) is 1.22. The van der Waals surface area contributed by atoms with Crippen molar-refractivity contribution in [2.75, 3.05) is 14.2 Å². The van der Waals surface area contributed by atoms with E-state index < -0.39 is 0 Å². The maximum Gasteiger partial charge on any atom is 0.132 e. The number of aldehydes is 1. The minimum atomic E-state index is -0.356. The Balaban J connectivity index is 3.21. The molecule has 0 aromatic heterocycles. The van der Waals surface area contributed by atoms with Crippen molar-refractivity contribution in [1.82, 2.24) is 0 Å². The fourth-order valence-corrected chi connectivity index (χ4v) is 1.80. The molecule has 3 nitrogen and oxygen atoms in total. The third-order valence-corrected chi connectivity index (χ3v) is 2.71. The van der Waals surface area contributed by atoms with Crippen LogP contribution in [0.1, 0.15) is 30.4 Å². The highest BCUT2D eigenvalue weighted by molar-refractivity contribution is 5.53. The van der Waals surface area contributed by atoms with Gasteiger partial charge in [-0.15, -0.1) is 0 Å². The van der Waals surface area contributed by atoms with E-state index in [0.717, 1.165) is 11.8 Å². The predicted molar refractivity (Wildman–Crippen MR) is 62.8 cm³/mol. The normalized spacial score (nSPS) is 12.2. The van der Waals surface area contributed by atoms with Crippen LogP contribution in [0.5, 0.6) is 5.75 Å². The summed E-state index contributed by atoms with van der Waals surface area (Å²) in [6, 6.07) is 3.04. The first-order valence-electron chi connectivity index (χ1n) is 5.43. The lowest BCUT2D eigenvalue weighted by Gasteiger charge is -2.17. The van der Waals surface area contributed by atoms with Crippen LogP contribution in [0.15, 0.2) is 12.1 Å². The van der Waals surface area contributed by atoms with Gasteiger partial charge >= 0.3 is 0 Å². The summed E-state index contributed by atoms with van der Waals surface area (Å²) in [7, 11) is 2.99. The SMILES string of the molecule is COCc1c(F)ccc(C(C)CC=O)c1OC. The fourth-order valence-electron chi connectivity index (χ4n) is 1.80. The summed E-state index contributed by atoms with van der Waals surface area (Å²) < 4.78 is 23.8. The molecule has 0 amide bonds. The monoisotopic (exact) mass is 240 g/mol. The van der Waals surface area contributed by atoms with Crippen molar-refractivity contribution in [2.45, 2.75) is 25.9 Å². The van der Waals surface area contributed by atoms with Crippen LogP contribution in [0.25, 0.3) is 0 Å². The summed E-state index contributed by atoms with van der Waals surface area (Å²) in [5, 5.41) is 0. The first kappa shape index (κ1) is 13.6. The maximum absolute atomic E-state index is 13.6. The Bertz CT molecular complexity index is 390. The summed E-state index contributed by atoms with van der Waals surface area (Å²) in [5.74, 6) is 0.116. The average Bonchev–Trinajstić information content (AvgIpc) is 2.32. The summed E-state index contributed by atoms with van der Waals surface area (Å²) in [6.07, 6.45) is 1.23. The fraction of sp³-hybridized carbons (Fsp3) is 0.462. The second-order valence-corrected chi connectivity index (χ2v) is 3.88. The number of hydrogen-bond donors (Lipinski definition) is 0. The summed E-state index contributed by atoms with van der Waals surface area (Å²) in [4.78, 5) is 10.5. The number of ether oxygens (including phenoxy) is 2. The number of benzene rings is 1. The lowest BCUT2D eigenvalue weighted by atomic mass is 9.95. The molecule has 0 aliphatic heterocycles. The first-order valence-corrected chi connectivity index (χ1v) is 5.43. The van der Waals surface area contributed by atoms with E-state index in [1.54, 1.807) is 6.07 Å². The van der Waals surface area contributed by atoms with Gasteiger partial charge in [0.25, 0.3) is 0 Å². The van der Waals surface area contributed by atoms with Crippen LogP contribution < -0.4 is 4.74 Å². The predicted octanol–water partition coefficient (Wildman–Crippen LogP) is 2.67. The maximum atomic E-state index is 13.6. The van der Waals surface area contributed by atoms with Crippen molar-refractivity contribution in [3.8, 4) is 5.75 Å². The Labute approximate surface area is 101 Å². The molecule has 1 aromatic rings. The molecule has 1 rings (SSSR count). The molecule has 0 fully saturated rings. The highest BCUT2D eigenvalue weighted by Crippen LogP contribution is 2.33. The van der Waals surface area contributed by atoms with E-state index in [0.29, 0.717) is 17.7 Å². The molecule has 1 aromatic carbocycles. The molecule has 0 radical (unpaired) electrons. The third kappa shape index (κ3) is 3.03. The zero-order valence-corrected chi connectivity index (χ0v) is 10.3. The Hall–Kier alpha value is -1.42. The van der Waals surface area contributed by atoms with Crippen LogP contribution in [0.3, 0.4) is 0 Å². The van der Waals surface area contributed by atoms with Crippen LogP contribution in [0, 0.1) is 5.82 Å². The number of carbonyl (C=O) groups excluding carboxylic acids is 1. The lowest BCUT2D eigenvalue weighted by molar-refractivity contribution is -0.108. The molecule has 0 bridgehead atoms. The number of methoxy groups -OCH3 is 2. The molecule has 0 aliphatic rings. The summed E-state index contributed by atoms with van der Waals surface area (Å²) >= 11 is 0. The molecule has 0 N–H and O–H groups in total. The van der Waals surface area contributed by atoms with Gasteiger partial charge in [-0.3, -0.25) is 0 Å². The second-order valence-electron chi connectivity index (χ2n) is 3.88. The van der Waals surface area contributed by atoms with Crippen molar-refractivity contribution in [3.63, 3.8) is 0 Å². The van der Waals surface area contributed by atoms with Gasteiger partial charge in [0, 0.05) is 13.5 Å². The van der Waals surface area contributed by atoms with E-state index in [1.165, 1.54) is 20.3 Å². The first-order chi connectivity index (χ1) is 8.15. The van der Waals surface area contributed by atoms with E-state index >= 15 is 0 Å².